The van der Waals surface area contributed by atoms with E-state index in [0.717, 1.165) is 12.5 Å². The first kappa shape index (κ1) is 9.97. The van der Waals surface area contributed by atoms with Crippen molar-refractivity contribution in [1.29, 1.82) is 0 Å². The lowest BCUT2D eigenvalue weighted by atomic mass is 9.88. The number of hydrogen-bond acceptors (Lipinski definition) is 2. The van der Waals surface area contributed by atoms with E-state index in [1.807, 2.05) is 0 Å². The third kappa shape index (κ3) is 1.92. The normalized spacial score (nSPS) is 34.8. The molecule has 1 amide bonds. The SMILES string of the molecule is CNCC(=O)NCC12CCCCC1C2. The molecule has 3 heteroatoms. The van der Waals surface area contributed by atoms with Crippen LogP contribution in [-0.4, -0.2) is 26.0 Å². The maximum atomic E-state index is 11.3. The Labute approximate surface area is 85.6 Å². The minimum absolute atomic E-state index is 0.137. The number of nitrogens with one attached hydrogen (secondary N) is 2. The van der Waals surface area contributed by atoms with Crippen LogP contribution in [0.4, 0.5) is 0 Å². The van der Waals surface area contributed by atoms with Crippen LogP contribution in [-0.2, 0) is 4.79 Å². The van der Waals surface area contributed by atoms with Gasteiger partial charge in [0.25, 0.3) is 0 Å². The molecule has 2 N–H and O–H groups in total. The molecular formula is C11H20N2O. The summed E-state index contributed by atoms with van der Waals surface area (Å²) in [4.78, 5) is 11.3. The third-order valence-corrected chi connectivity index (χ3v) is 3.81. The molecule has 0 aromatic rings. The van der Waals surface area contributed by atoms with Gasteiger partial charge in [-0.25, -0.2) is 0 Å². The van der Waals surface area contributed by atoms with E-state index in [1.54, 1.807) is 7.05 Å². The molecule has 0 aliphatic heterocycles. The summed E-state index contributed by atoms with van der Waals surface area (Å²) in [5.74, 6) is 1.06. The lowest BCUT2D eigenvalue weighted by Crippen LogP contribution is -2.37. The van der Waals surface area contributed by atoms with Crippen molar-refractivity contribution in [2.45, 2.75) is 32.1 Å². The fourth-order valence-corrected chi connectivity index (χ4v) is 2.82. The Kier molecular flexibility index (Phi) is 2.77. The Morgan fingerprint density at radius 3 is 3.07 bits per heavy atom. The minimum Gasteiger partial charge on any atom is -0.354 e. The van der Waals surface area contributed by atoms with Gasteiger partial charge in [0.15, 0.2) is 0 Å². The van der Waals surface area contributed by atoms with E-state index in [9.17, 15) is 4.79 Å². The number of amides is 1. The van der Waals surface area contributed by atoms with Crippen LogP contribution >= 0.6 is 0 Å². The zero-order valence-corrected chi connectivity index (χ0v) is 8.94. The molecule has 0 aromatic heterocycles. The van der Waals surface area contributed by atoms with Crippen molar-refractivity contribution in [3.05, 3.63) is 0 Å². The predicted octanol–water partition coefficient (Wildman–Crippen LogP) is 0.902. The molecule has 2 rings (SSSR count). The van der Waals surface area contributed by atoms with Crippen molar-refractivity contribution in [2.75, 3.05) is 20.1 Å². The average Bonchev–Trinajstić information content (AvgIpc) is 2.90. The van der Waals surface area contributed by atoms with Gasteiger partial charge in [0, 0.05) is 6.54 Å². The van der Waals surface area contributed by atoms with Crippen molar-refractivity contribution >= 4 is 5.91 Å². The standard InChI is InChI=1S/C11H20N2O/c1-12-7-10(14)13-8-11-5-3-2-4-9(11)6-11/h9,12H,2-8H2,1H3,(H,13,14). The van der Waals surface area contributed by atoms with Crippen molar-refractivity contribution in [1.82, 2.24) is 10.6 Å². The molecule has 80 valence electrons. The highest BCUT2D eigenvalue weighted by atomic mass is 16.1. The minimum atomic E-state index is 0.137. The molecule has 0 heterocycles. The zero-order valence-electron chi connectivity index (χ0n) is 8.94. The van der Waals surface area contributed by atoms with E-state index >= 15 is 0 Å². The Morgan fingerprint density at radius 2 is 2.36 bits per heavy atom. The Balaban J connectivity index is 1.73. The molecule has 0 saturated heterocycles. The Morgan fingerprint density at radius 1 is 1.50 bits per heavy atom. The van der Waals surface area contributed by atoms with Gasteiger partial charge in [-0.1, -0.05) is 12.8 Å². The number of carbonyl (C=O) groups excluding carboxylic acids is 1. The Bertz CT molecular complexity index is 229. The summed E-state index contributed by atoms with van der Waals surface area (Å²) in [6.07, 6.45) is 6.83. The number of likely N-dealkylation sites (N-methyl/N-ethyl adjacent to an activating group) is 1. The number of carbonyl (C=O) groups is 1. The number of hydrogen-bond donors (Lipinski definition) is 2. The smallest absolute Gasteiger partial charge is 0.233 e. The van der Waals surface area contributed by atoms with E-state index in [2.05, 4.69) is 10.6 Å². The number of fused-ring (bicyclic) bond motifs is 1. The van der Waals surface area contributed by atoms with Gasteiger partial charge in [-0.15, -0.1) is 0 Å². The van der Waals surface area contributed by atoms with Gasteiger partial charge >= 0.3 is 0 Å². The zero-order chi connectivity index (χ0) is 10.0. The molecule has 2 unspecified atom stereocenters. The molecule has 3 nitrogen and oxygen atoms in total. The summed E-state index contributed by atoms with van der Waals surface area (Å²) in [7, 11) is 1.80. The first-order valence-corrected chi connectivity index (χ1v) is 5.68. The van der Waals surface area contributed by atoms with Crippen LogP contribution < -0.4 is 10.6 Å². The molecular weight excluding hydrogens is 176 g/mol. The van der Waals surface area contributed by atoms with Crippen molar-refractivity contribution in [2.24, 2.45) is 11.3 Å². The highest BCUT2D eigenvalue weighted by Crippen LogP contribution is 2.60. The van der Waals surface area contributed by atoms with Gasteiger partial charge < -0.3 is 10.6 Å². The summed E-state index contributed by atoms with van der Waals surface area (Å²) in [5, 5.41) is 5.90. The molecule has 2 fully saturated rings. The lowest BCUT2D eigenvalue weighted by molar-refractivity contribution is -0.120. The van der Waals surface area contributed by atoms with E-state index in [1.165, 1.54) is 32.1 Å². The fraction of sp³-hybridized carbons (Fsp3) is 0.909. The largest absolute Gasteiger partial charge is 0.354 e. The van der Waals surface area contributed by atoms with Crippen LogP contribution in [0.5, 0.6) is 0 Å². The molecule has 2 aliphatic carbocycles. The molecule has 14 heavy (non-hydrogen) atoms. The number of rotatable bonds is 4. The van der Waals surface area contributed by atoms with Crippen molar-refractivity contribution in [3.8, 4) is 0 Å². The highest BCUT2D eigenvalue weighted by Gasteiger charge is 2.54. The van der Waals surface area contributed by atoms with Gasteiger partial charge in [0.05, 0.1) is 6.54 Å². The molecule has 0 bridgehead atoms. The summed E-state index contributed by atoms with van der Waals surface area (Å²) in [6, 6.07) is 0. The maximum Gasteiger partial charge on any atom is 0.233 e. The van der Waals surface area contributed by atoms with E-state index in [0.29, 0.717) is 12.0 Å². The summed E-state index contributed by atoms with van der Waals surface area (Å²) in [6.45, 7) is 1.36. The molecule has 0 spiro atoms. The van der Waals surface area contributed by atoms with Gasteiger partial charge in [-0.05, 0) is 37.6 Å². The van der Waals surface area contributed by atoms with E-state index < -0.39 is 0 Å². The average molecular weight is 196 g/mol. The molecule has 2 aliphatic rings. The molecule has 0 radical (unpaired) electrons. The molecule has 2 atom stereocenters. The van der Waals surface area contributed by atoms with Crippen LogP contribution in [0.25, 0.3) is 0 Å². The summed E-state index contributed by atoms with van der Waals surface area (Å²) in [5.41, 5.74) is 0.516. The van der Waals surface area contributed by atoms with Crippen LogP contribution in [0.1, 0.15) is 32.1 Å². The second kappa shape index (κ2) is 3.89. The monoisotopic (exact) mass is 196 g/mol. The van der Waals surface area contributed by atoms with Gasteiger partial charge in [0.1, 0.15) is 0 Å². The van der Waals surface area contributed by atoms with Crippen LogP contribution in [0.2, 0.25) is 0 Å². The predicted molar refractivity (Wildman–Crippen MR) is 55.9 cm³/mol. The first-order chi connectivity index (χ1) is 6.77. The van der Waals surface area contributed by atoms with Crippen LogP contribution in [0.15, 0.2) is 0 Å². The van der Waals surface area contributed by atoms with Gasteiger partial charge in [-0.2, -0.15) is 0 Å². The second-order valence-electron chi connectivity index (χ2n) is 4.82. The summed E-state index contributed by atoms with van der Waals surface area (Å²) >= 11 is 0. The van der Waals surface area contributed by atoms with E-state index in [-0.39, 0.29) is 5.91 Å². The van der Waals surface area contributed by atoms with Crippen molar-refractivity contribution < 1.29 is 4.79 Å². The maximum absolute atomic E-state index is 11.3. The van der Waals surface area contributed by atoms with Gasteiger partial charge in [-0.3, -0.25) is 4.79 Å². The summed E-state index contributed by atoms with van der Waals surface area (Å²) < 4.78 is 0. The second-order valence-corrected chi connectivity index (χ2v) is 4.82. The molecule has 2 saturated carbocycles. The van der Waals surface area contributed by atoms with E-state index in [4.69, 9.17) is 0 Å². The van der Waals surface area contributed by atoms with Crippen LogP contribution in [0, 0.1) is 11.3 Å². The van der Waals surface area contributed by atoms with Crippen LogP contribution in [0.3, 0.4) is 0 Å². The third-order valence-electron chi connectivity index (χ3n) is 3.81. The van der Waals surface area contributed by atoms with Gasteiger partial charge in [0.2, 0.25) is 5.91 Å². The fourth-order valence-electron chi connectivity index (χ4n) is 2.82. The Hall–Kier alpha value is -0.570. The highest BCUT2D eigenvalue weighted by molar-refractivity contribution is 5.78. The van der Waals surface area contributed by atoms with Crippen molar-refractivity contribution in [3.63, 3.8) is 0 Å². The lowest BCUT2D eigenvalue weighted by Gasteiger charge is -2.22. The quantitative estimate of drug-likeness (QED) is 0.701. The molecule has 0 aromatic carbocycles. The topological polar surface area (TPSA) is 41.1 Å². The first-order valence-electron chi connectivity index (χ1n) is 5.68.